The molecule has 2 aromatic heterocycles. The minimum absolute atomic E-state index is 0.0115. The molecule has 0 spiro atoms. The Balaban J connectivity index is 1.65. The zero-order valence-electron chi connectivity index (χ0n) is 16.6. The number of thiazole rings is 1. The van der Waals surface area contributed by atoms with E-state index in [0.717, 1.165) is 29.9 Å². The van der Waals surface area contributed by atoms with E-state index in [0.29, 0.717) is 27.9 Å². The minimum atomic E-state index is -0.0405. The van der Waals surface area contributed by atoms with Crippen molar-refractivity contribution < 1.29 is 14.3 Å². The third-order valence-corrected chi connectivity index (χ3v) is 6.20. The molecule has 0 N–H and O–H groups in total. The lowest BCUT2D eigenvalue weighted by molar-refractivity contribution is 0.0738. The Kier molecular flexibility index (Phi) is 5.44. The van der Waals surface area contributed by atoms with Crippen LogP contribution in [0.4, 0.5) is 0 Å². The molecule has 1 aromatic carbocycles. The summed E-state index contributed by atoms with van der Waals surface area (Å²) in [4.78, 5) is 29.0. The number of hydrogen-bond acceptors (Lipinski definition) is 7. The number of aromatic nitrogens is 3. The third kappa shape index (κ3) is 3.67. The summed E-state index contributed by atoms with van der Waals surface area (Å²) in [6, 6.07) is 7.46. The van der Waals surface area contributed by atoms with Gasteiger partial charge in [-0.2, -0.15) is 0 Å². The van der Waals surface area contributed by atoms with Crippen molar-refractivity contribution in [2.75, 3.05) is 20.8 Å². The Morgan fingerprint density at radius 3 is 2.72 bits per heavy atom. The van der Waals surface area contributed by atoms with Gasteiger partial charge in [-0.25, -0.2) is 15.0 Å². The molecule has 1 atom stereocenters. The quantitative estimate of drug-likeness (QED) is 0.635. The highest BCUT2D eigenvalue weighted by Gasteiger charge is 2.34. The molecule has 3 heterocycles. The number of hydrogen-bond donors (Lipinski definition) is 0. The van der Waals surface area contributed by atoms with Crippen LogP contribution >= 0.6 is 11.3 Å². The number of aryl methyl sites for hydroxylation is 1. The van der Waals surface area contributed by atoms with Crippen LogP contribution in [0.15, 0.2) is 36.7 Å². The lowest BCUT2D eigenvalue weighted by atomic mass is 10.0. The molecule has 0 unspecified atom stereocenters. The fraction of sp³-hybridized carbons (Fsp3) is 0.333. The number of carbonyl (C=O) groups excluding carboxylic acids is 1. The molecule has 150 valence electrons. The van der Waals surface area contributed by atoms with Gasteiger partial charge in [-0.15, -0.1) is 11.3 Å². The molecule has 4 rings (SSSR count). The van der Waals surface area contributed by atoms with Gasteiger partial charge in [-0.05, 0) is 38.0 Å². The maximum atomic E-state index is 13.4. The van der Waals surface area contributed by atoms with Crippen molar-refractivity contribution in [2.45, 2.75) is 25.8 Å². The number of methoxy groups -OCH3 is 2. The molecule has 1 amide bonds. The van der Waals surface area contributed by atoms with Gasteiger partial charge in [0.2, 0.25) is 0 Å². The number of amides is 1. The number of carbonyl (C=O) groups is 1. The molecule has 7 nitrogen and oxygen atoms in total. The first-order chi connectivity index (χ1) is 14.1. The first kappa shape index (κ1) is 19.3. The molecule has 1 fully saturated rings. The Bertz CT molecular complexity index is 1020. The molecule has 0 aliphatic carbocycles. The van der Waals surface area contributed by atoms with E-state index < -0.39 is 0 Å². The van der Waals surface area contributed by atoms with Crippen LogP contribution in [-0.4, -0.2) is 46.5 Å². The molecule has 1 aliphatic heterocycles. The smallest absolute Gasteiger partial charge is 0.266 e. The number of rotatable bonds is 5. The predicted molar refractivity (Wildman–Crippen MR) is 110 cm³/mol. The maximum Gasteiger partial charge on any atom is 0.266 e. The average Bonchev–Trinajstić information content (AvgIpc) is 3.40. The Morgan fingerprint density at radius 2 is 2.00 bits per heavy atom. The summed E-state index contributed by atoms with van der Waals surface area (Å²) in [5, 5.41) is 0.657. The van der Waals surface area contributed by atoms with Crippen molar-refractivity contribution in [1.82, 2.24) is 19.9 Å². The molecule has 29 heavy (non-hydrogen) atoms. The number of nitrogens with zero attached hydrogens (tertiary/aromatic N) is 4. The van der Waals surface area contributed by atoms with Crippen LogP contribution in [0.5, 0.6) is 11.5 Å². The second-order valence-electron chi connectivity index (χ2n) is 6.77. The van der Waals surface area contributed by atoms with Gasteiger partial charge in [0.1, 0.15) is 16.4 Å². The summed E-state index contributed by atoms with van der Waals surface area (Å²) in [7, 11) is 3.26. The molecule has 3 aromatic rings. The topological polar surface area (TPSA) is 77.4 Å². The fourth-order valence-corrected chi connectivity index (χ4v) is 4.63. The monoisotopic (exact) mass is 410 g/mol. The first-order valence-corrected chi connectivity index (χ1v) is 10.2. The first-order valence-electron chi connectivity index (χ1n) is 9.40. The molecular formula is C21H22N4O3S. The standard InChI is InChI=1S/C21H22N4O3S/c1-13-18(29-20(24-13)19-22-9-5-10-23-19)21(26)25-11-4-6-16(25)15-8-7-14(27-2)12-17(15)28-3/h5,7-10,12,16H,4,6,11H2,1-3H3/t16-/m1/s1. The van der Waals surface area contributed by atoms with Gasteiger partial charge in [-0.3, -0.25) is 4.79 Å². The fourth-order valence-electron chi connectivity index (χ4n) is 3.66. The van der Waals surface area contributed by atoms with E-state index in [1.54, 1.807) is 32.7 Å². The minimum Gasteiger partial charge on any atom is -0.497 e. The van der Waals surface area contributed by atoms with Gasteiger partial charge in [0.05, 0.1) is 26.0 Å². The van der Waals surface area contributed by atoms with E-state index in [9.17, 15) is 4.79 Å². The van der Waals surface area contributed by atoms with Gasteiger partial charge in [0.25, 0.3) is 5.91 Å². The molecule has 0 saturated carbocycles. The van der Waals surface area contributed by atoms with E-state index in [2.05, 4.69) is 15.0 Å². The van der Waals surface area contributed by atoms with Crippen LogP contribution in [0.2, 0.25) is 0 Å². The summed E-state index contributed by atoms with van der Waals surface area (Å²) >= 11 is 1.34. The Labute approximate surface area is 173 Å². The third-order valence-electron chi connectivity index (χ3n) is 5.06. The largest absolute Gasteiger partial charge is 0.497 e. The van der Waals surface area contributed by atoms with Crippen molar-refractivity contribution >= 4 is 17.2 Å². The van der Waals surface area contributed by atoms with Gasteiger partial charge in [0.15, 0.2) is 10.8 Å². The van der Waals surface area contributed by atoms with Crippen LogP contribution in [0, 0.1) is 6.92 Å². The lowest BCUT2D eigenvalue weighted by Crippen LogP contribution is -2.30. The van der Waals surface area contributed by atoms with Crippen molar-refractivity contribution in [3.8, 4) is 22.3 Å². The lowest BCUT2D eigenvalue weighted by Gasteiger charge is -2.26. The van der Waals surface area contributed by atoms with Gasteiger partial charge >= 0.3 is 0 Å². The number of benzene rings is 1. The summed E-state index contributed by atoms with van der Waals surface area (Å²) in [5.74, 6) is 1.98. The van der Waals surface area contributed by atoms with Crippen LogP contribution in [0.1, 0.15) is 39.8 Å². The molecular weight excluding hydrogens is 388 g/mol. The summed E-state index contributed by atoms with van der Waals surface area (Å²) in [6.45, 7) is 2.56. The van der Waals surface area contributed by atoms with E-state index in [1.807, 2.05) is 30.0 Å². The highest BCUT2D eigenvalue weighted by atomic mass is 32.1. The van der Waals surface area contributed by atoms with Crippen LogP contribution in [0.25, 0.3) is 10.8 Å². The van der Waals surface area contributed by atoms with Crippen LogP contribution < -0.4 is 9.47 Å². The second-order valence-corrected chi connectivity index (χ2v) is 7.77. The molecule has 8 heteroatoms. The molecule has 1 aliphatic rings. The molecule has 0 bridgehead atoms. The zero-order valence-corrected chi connectivity index (χ0v) is 17.4. The zero-order chi connectivity index (χ0) is 20.4. The highest BCUT2D eigenvalue weighted by molar-refractivity contribution is 7.17. The van der Waals surface area contributed by atoms with E-state index in [1.165, 1.54) is 11.3 Å². The number of ether oxygens (including phenoxy) is 2. The summed E-state index contributed by atoms with van der Waals surface area (Å²) < 4.78 is 10.9. The number of likely N-dealkylation sites (tertiary alicyclic amines) is 1. The molecule has 0 radical (unpaired) electrons. The van der Waals surface area contributed by atoms with Crippen LogP contribution in [0.3, 0.4) is 0 Å². The van der Waals surface area contributed by atoms with Crippen molar-refractivity contribution in [1.29, 1.82) is 0 Å². The van der Waals surface area contributed by atoms with Crippen molar-refractivity contribution in [2.24, 2.45) is 0 Å². The normalized spacial score (nSPS) is 16.1. The summed E-state index contributed by atoms with van der Waals surface area (Å²) in [5.41, 5.74) is 1.70. The SMILES string of the molecule is COc1ccc([C@H]2CCCN2C(=O)c2sc(-c3ncccn3)nc2C)c(OC)c1. The highest BCUT2D eigenvalue weighted by Crippen LogP contribution is 2.40. The maximum absolute atomic E-state index is 13.4. The van der Waals surface area contributed by atoms with E-state index in [4.69, 9.17) is 9.47 Å². The Morgan fingerprint density at radius 1 is 1.21 bits per heavy atom. The molecule has 1 saturated heterocycles. The van der Waals surface area contributed by atoms with Gasteiger partial charge < -0.3 is 14.4 Å². The van der Waals surface area contributed by atoms with Crippen LogP contribution in [-0.2, 0) is 0 Å². The van der Waals surface area contributed by atoms with Crippen molar-refractivity contribution in [3.63, 3.8) is 0 Å². The predicted octanol–water partition coefficient (Wildman–Crippen LogP) is 3.90. The van der Waals surface area contributed by atoms with Crippen molar-refractivity contribution in [3.05, 3.63) is 52.8 Å². The summed E-state index contributed by atoms with van der Waals surface area (Å²) in [6.07, 6.45) is 5.18. The van der Waals surface area contributed by atoms with E-state index >= 15 is 0 Å². The second kappa shape index (κ2) is 8.16. The van der Waals surface area contributed by atoms with Gasteiger partial charge in [0, 0.05) is 30.6 Å². The average molecular weight is 410 g/mol. The van der Waals surface area contributed by atoms with E-state index in [-0.39, 0.29) is 11.9 Å². The van der Waals surface area contributed by atoms with Gasteiger partial charge in [-0.1, -0.05) is 0 Å². The Hall–Kier alpha value is -3.00.